The van der Waals surface area contributed by atoms with Crippen LogP contribution in [0.4, 0.5) is 5.69 Å². The van der Waals surface area contributed by atoms with Crippen LogP contribution in [0.2, 0.25) is 0 Å². The van der Waals surface area contributed by atoms with Crippen LogP contribution in [0.5, 0.6) is 0 Å². The normalized spacial score (nSPS) is 11.4. The van der Waals surface area contributed by atoms with E-state index in [4.69, 9.17) is 0 Å². The first-order valence-electron chi connectivity index (χ1n) is 10.1. The van der Waals surface area contributed by atoms with Crippen molar-refractivity contribution in [3.63, 3.8) is 0 Å². The zero-order valence-corrected chi connectivity index (χ0v) is 20.0. The topological polar surface area (TPSA) is 118 Å². The summed E-state index contributed by atoms with van der Waals surface area (Å²) in [6, 6.07) is 5.97. The molecule has 0 aliphatic rings. The Hall–Kier alpha value is -3.05. The van der Waals surface area contributed by atoms with E-state index in [9.17, 15) is 9.59 Å². The van der Waals surface area contributed by atoms with Crippen molar-refractivity contribution in [3.8, 4) is 0 Å². The fraction of sp³-hybridized carbons (Fsp3) is 0.333. The number of tetrazole rings is 1. The van der Waals surface area contributed by atoms with Crippen LogP contribution in [0.25, 0.3) is 10.2 Å². The highest BCUT2D eigenvalue weighted by atomic mass is 32.2. The summed E-state index contributed by atoms with van der Waals surface area (Å²) in [5, 5.41) is 15.8. The highest BCUT2D eigenvalue weighted by Crippen LogP contribution is 2.29. The van der Waals surface area contributed by atoms with Crippen LogP contribution in [0, 0.1) is 20.8 Å². The molecule has 2 N–H and O–H groups in total. The van der Waals surface area contributed by atoms with Gasteiger partial charge in [-0.3, -0.25) is 9.59 Å². The Morgan fingerprint density at radius 3 is 2.78 bits per heavy atom. The zero-order valence-electron chi connectivity index (χ0n) is 18.4. The maximum Gasteiger partial charge on any atom is 0.266 e. The number of aromatic nitrogens is 6. The molecule has 32 heavy (non-hydrogen) atoms. The van der Waals surface area contributed by atoms with Crippen LogP contribution in [0.15, 0.2) is 28.2 Å². The number of hydrogen-bond donors (Lipinski definition) is 2. The molecule has 0 saturated carbocycles. The van der Waals surface area contributed by atoms with E-state index in [1.165, 1.54) is 23.1 Å². The van der Waals surface area contributed by atoms with E-state index in [-0.39, 0.29) is 17.5 Å². The minimum atomic E-state index is -0.256. The average Bonchev–Trinajstić information content (AvgIpc) is 3.33. The van der Waals surface area contributed by atoms with Crippen molar-refractivity contribution in [2.45, 2.75) is 51.6 Å². The second kappa shape index (κ2) is 8.83. The van der Waals surface area contributed by atoms with E-state index in [1.54, 1.807) is 11.6 Å². The van der Waals surface area contributed by atoms with Gasteiger partial charge in [0.05, 0.1) is 22.1 Å². The Morgan fingerprint density at radius 2 is 2.06 bits per heavy atom. The molecular weight excluding hydrogens is 446 g/mol. The van der Waals surface area contributed by atoms with Crippen LogP contribution in [0.1, 0.15) is 52.1 Å². The van der Waals surface area contributed by atoms with E-state index in [2.05, 4.69) is 30.8 Å². The molecule has 0 bridgehead atoms. The summed E-state index contributed by atoms with van der Waals surface area (Å²) in [7, 11) is 0. The number of rotatable bonds is 6. The largest absolute Gasteiger partial charge is 0.321 e. The lowest BCUT2D eigenvalue weighted by Gasteiger charge is -2.08. The third-order valence-electron chi connectivity index (χ3n) is 4.98. The highest BCUT2D eigenvalue weighted by Gasteiger charge is 2.20. The van der Waals surface area contributed by atoms with Crippen LogP contribution in [-0.2, 0) is 5.75 Å². The summed E-state index contributed by atoms with van der Waals surface area (Å²) < 4.78 is 1.71. The van der Waals surface area contributed by atoms with Crippen molar-refractivity contribution in [2.24, 2.45) is 0 Å². The van der Waals surface area contributed by atoms with E-state index < -0.39 is 0 Å². The summed E-state index contributed by atoms with van der Waals surface area (Å²) in [6.45, 7) is 9.72. The van der Waals surface area contributed by atoms with Gasteiger partial charge in [-0.2, -0.15) is 0 Å². The molecule has 166 valence electrons. The molecule has 4 aromatic rings. The quantitative estimate of drug-likeness (QED) is 0.409. The molecule has 1 aromatic carbocycles. The first-order chi connectivity index (χ1) is 15.2. The number of nitrogens with zero attached hydrogens (tertiary/aromatic N) is 5. The van der Waals surface area contributed by atoms with E-state index in [0.29, 0.717) is 37.4 Å². The molecule has 0 atom stereocenters. The minimum absolute atomic E-state index is 0.125. The van der Waals surface area contributed by atoms with Crippen LogP contribution >= 0.6 is 23.1 Å². The van der Waals surface area contributed by atoms with Crippen molar-refractivity contribution in [1.29, 1.82) is 0 Å². The third kappa shape index (κ3) is 4.30. The first-order valence-corrected chi connectivity index (χ1v) is 11.9. The summed E-state index contributed by atoms with van der Waals surface area (Å²) in [5.74, 6) is 0.663. The number of thioether (sulfide) groups is 1. The lowest BCUT2D eigenvalue weighted by molar-refractivity contribution is 0.103. The molecular formula is C21H23N7O2S2. The molecule has 0 radical (unpaired) electrons. The fourth-order valence-electron chi connectivity index (χ4n) is 3.34. The van der Waals surface area contributed by atoms with E-state index in [0.717, 1.165) is 16.8 Å². The lowest BCUT2D eigenvalue weighted by Crippen LogP contribution is -2.14. The van der Waals surface area contributed by atoms with Crippen molar-refractivity contribution in [2.75, 3.05) is 5.32 Å². The number of carbonyl (C=O) groups is 1. The van der Waals surface area contributed by atoms with Gasteiger partial charge in [-0.15, -0.1) is 16.4 Å². The molecule has 9 nitrogen and oxygen atoms in total. The second-order valence-electron chi connectivity index (χ2n) is 7.81. The van der Waals surface area contributed by atoms with Gasteiger partial charge in [-0.25, -0.2) is 9.67 Å². The van der Waals surface area contributed by atoms with Gasteiger partial charge in [-0.1, -0.05) is 29.5 Å². The highest BCUT2D eigenvalue weighted by molar-refractivity contribution is 7.98. The molecule has 0 saturated heterocycles. The van der Waals surface area contributed by atoms with E-state index in [1.807, 2.05) is 45.9 Å². The van der Waals surface area contributed by atoms with Gasteiger partial charge in [0, 0.05) is 5.69 Å². The molecule has 1 amide bonds. The van der Waals surface area contributed by atoms with Gasteiger partial charge >= 0.3 is 0 Å². The number of aryl methyl sites for hydroxylation is 3. The second-order valence-corrected chi connectivity index (χ2v) is 9.75. The number of anilines is 1. The Balaban J connectivity index is 1.60. The predicted octanol–water partition coefficient (Wildman–Crippen LogP) is 4.02. The van der Waals surface area contributed by atoms with Crippen LogP contribution in [0.3, 0.4) is 0 Å². The smallest absolute Gasteiger partial charge is 0.266 e. The Labute approximate surface area is 192 Å². The van der Waals surface area contributed by atoms with Gasteiger partial charge in [0.1, 0.15) is 10.7 Å². The fourth-order valence-corrected chi connectivity index (χ4v) is 5.32. The molecule has 3 aromatic heterocycles. The number of thiophene rings is 1. The lowest BCUT2D eigenvalue weighted by atomic mass is 10.1. The predicted molar refractivity (Wildman–Crippen MR) is 127 cm³/mol. The molecule has 11 heteroatoms. The van der Waals surface area contributed by atoms with E-state index >= 15 is 0 Å². The van der Waals surface area contributed by atoms with Gasteiger partial charge < -0.3 is 10.3 Å². The van der Waals surface area contributed by atoms with Gasteiger partial charge in [-0.05, 0) is 62.2 Å². The maximum atomic E-state index is 13.0. The molecule has 0 aliphatic heterocycles. The Kier molecular flexibility index (Phi) is 6.11. The molecule has 0 spiro atoms. The standard InChI is InChI=1S/C21H23N7O2S2/c1-10(2)28-21(25-26-27-28)31-9-15-23-18(29)16-13(5)17(32-20(16)24-15)19(30)22-14-7-6-11(3)8-12(14)4/h6-8,10H,9H2,1-5H3,(H,22,30)(H,23,24,29). The Bertz CT molecular complexity index is 1370. The number of H-pyrrole nitrogens is 1. The molecule has 0 aliphatic carbocycles. The summed E-state index contributed by atoms with van der Waals surface area (Å²) in [5.41, 5.74) is 3.23. The van der Waals surface area contributed by atoms with Gasteiger partial charge in [0.2, 0.25) is 5.16 Å². The summed E-state index contributed by atoms with van der Waals surface area (Å²) >= 11 is 2.62. The molecule has 0 fully saturated rings. The van der Waals surface area contributed by atoms with Crippen LogP contribution in [-0.4, -0.2) is 36.1 Å². The number of carbonyl (C=O) groups excluding carboxylic acids is 1. The number of aromatic amines is 1. The van der Waals surface area contributed by atoms with Crippen molar-refractivity contribution >= 4 is 44.9 Å². The molecule has 0 unspecified atom stereocenters. The monoisotopic (exact) mass is 469 g/mol. The number of nitrogens with one attached hydrogen (secondary N) is 2. The van der Waals surface area contributed by atoms with Gasteiger partial charge in [0.25, 0.3) is 11.5 Å². The first kappa shape index (κ1) is 22.2. The van der Waals surface area contributed by atoms with Crippen molar-refractivity contribution < 1.29 is 4.79 Å². The zero-order chi connectivity index (χ0) is 23.0. The Morgan fingerprint density at radius 1 is 1.28 bits per heavy atom. The average molecular weight is 470 g/mol. The number of amides is 1. The van der Waals surface area contributed by atoms with Crippen molar-refractivity contribution in [1.82, 2.24) is 30.2 Å². The van der Waals surface area contributed by atoms with Crippen LogP contribution < -0.4 is 10.9 Å². The summed E-state index contributed by atoms with van der Waals surface area (Å²) in [4.78, 5) is 34.2. The minimum Gasteiger partial charge on any atom is -0.321 e. The third-order valence-corrected chi connectivity index (χ3v) is 7.10. The molecule has 4 rings (SSSR count). The number of benzene rings is 1. The van der Waals surface area contributed by atoms with Crippen molar-refractivity contribution in [3.05, 3.63) is 55.9 Å². The van der Waals surface area contributed by atoms with Gasteiger partial charge in [0.15, 0.2) is 0 Å². The molecule has 3 heterocycles. The SMILES string of the molecule is Cc1ccc(NC(=O)c2sc3nc(CSc4nnnn4C(C)C)[nH]c(=O)c3c2C)c(C)c1. The maximum absolute atomic E-state index is 13.0. The number of fused-ring (bicyclic) bond motifs is 1. The summed E-state index contributed by atoms with van der Waals surface area (Å²) in [6.07, 6.45) is 0. The number of hydrogen-bond acceptors (Lipinski definition) is 8.